The average Bonchev–Trinajstić information content (AvgIpc) is 3.01. The number of halogens is 1. The summed E-state index contributed by atoms with van der Waals surface area (Å²) in [5.41, 5.74) is 8.38. The molecule has 1 aromatic carbocycles. The van der Waals surface area contributed by atoms with Crippen LogP contribution in [0.25, 0.3) is 4.96 Å². The maximum Gasteiger partial charge on any atom is 0.193 e. The number of hydrogen-bond donors (Lipinski definition) is 1. The Bertz CT molecular complexity index is 658. The predicted molar refractivity (Wildman–Crippen MR) is 87.2 cm³/mol. The monoisotopic (exact) mass is 349 g/mol. The molecule has 104 valence electrons. The van der Waals surface area contributed by atoms with Gasteiger partial charge in [0.05, 0.1) is 5.69 Å². The Morgan fingerprint density at radius 2 is 2.05 bits per heavy atom. The smallest absolute Gasteiger partial charge is 0.193 e. The Kier molecular flexibility index (Phi) is 4.19. The molecule has 0 fully saturated rings. The van der Waals surface area contributed by atoms with Crippen LogP contribution in [0.4, 0.5) is 0 Å². The van der Waals surface area contributed by atoms with Gasteiger partial charge in [-0.2, -0.15) is 0 Å². The van der Waals surface area contributed by atoms with Crippen molar-refractivity contribution in [2.75, 3.05) is 6.54 Å². The third-order valence-corrected chi connectivity index (χ3v) is 4.71. The minimum atomic E-state index is 0.431. The molecule has 0 bridgehead atoms. The normalized spacial score (nSPS) is 12.9. The zero-order valence-electron chi connectivity index (χ0n) is 11.0. The molecule has 5 heteroatoms. The van der Waals surface area contributed by atoms with Gasteiger partial charge < -0.3 is 5.73 Å². The van der Waals surface area contributed by atoms with Crippen molar-refractivity contribution in [1.29, 1.82) is 0 Å². The number of hydrogen-bond acceptors (Lipinski definition) is 3. The van der Waals surface area contributed by atoms with Gasteiger partial charge >= 0.3 is 0 Å². The lowest BCUT2D eigenvalue weighted by atomic mass is 9.95. The fraction of sp³-hybridized carbons (Fsp3) is 0.267. The summed E-state index contributed by atoms with van der Waals surface area (Å²) in [7, 11) is 0. The van der Waals surface area contributed by atoms with Crippen molar-refractivity contribution < 1.29 is 0 Å². The van der Waals surface area contributed by atoms with Gasteiger partial charge in [-0.3, -0.25) is 4.40 Å². The Labute approximate surface area is 130 Å². The van der Waals surface area contributed by atoms with Crippen LogP contribution in [0.2, 0.25) is 0 Å². The van der Waals surface area contributed by atoms with Gasteiger partial charge in [-0.05, 0) is 43.0 Å². The highest BCUT2D eigenvalue weighted by Crippen LogP contribution is 2.18. The highest BCUT2D eigenvalue weighted by molar-refractivity contribution is 9.10. The number of benzene rings is 1. The van der Waals surface area contributed by atoms with E-state index in [-0.39, 0.29) is 0 Å². The van der Waals surface area contributed by atoms with E-state index in [0.717, 1.165) is 28.0 Å². The quantitative estimate of drug-likeness (QED) is 0.765. The van der Waals surface area contributed by atoms with Crippen LogP contribution in [-0.2, 0) is 12.8 Å². The minimum Gasteiger partial charge on any atom is -0.330 e. The number of nitrogens with zero attached hydrogens (tertiary/aromatic N) is 2. The first-order valence-electron chi connectivity index (χ1n) is 6.60. The summed E-state index contributed by atoms with van der Waals surface area (Å²) in [6.45, 7) is 0.682. The van der Waals surface area contributed by atoms with Crippen LogP contribution in [0.1, 0.15) is 11.3 Å². The van der Waals surface area contributed by atoms with Gasteiger partial charge in [0.25, 0.3) is 0 Å². The zero-order valence-corrected chi connectivity index (χ0v) is 13.4. The lowest BCUT2D eigenvalue weighted by Crippen LogP contribution is -2.19. The summed E-state index contributed by atoms with van der Waals surface area (Å²) in [6.07, 6.45) is 6.08. The van der Waals surface area contributed by atoms with Gasteiger partial charge in [-0.1, -0.05) is 28.1 Å². The van der Waals surface area contributed by atoms with Crippen LogP contribution in [0.3, 0.4) is 0 Å². The van der Waals surface area contributed by atoms with E-state index in [9.17, 15) is 0 Å². The lowest BCUT2D eigenvalue weighted by molar-refractivity contribution is 0.528. The molecule has 2 aromatic heterocycles. The number of rotatable bonds is 5. The molecule has 2 heterocycles. The van der Waals surface area contributed by atoms with Crippen molar-refractivity contribution >= 4 is 32.2 Å². The lowest BCUT2D eigenvalue weighted by Gasteiger charge is -2.13. The molecule has 0 aliphatic heterocycles. The summed E-state index contributed by atoms with van der Waals surface area (Å²) >= 11 is 5.13. The summed E-state index contributed by atoms with van der Waals surface area (Å²) in [5.74, 6) is 0.431. The van der Waals surface area contributed by atoms with Crippen LogP contribution in [0, 0.1) is 5.92 Å². The molecule has 3 aromatic rings. The van der Waals surface area contributed by atoms with E-state index in [2.05, 4.69) is 55.8 Å². The zero-order chi connectivity index (χ0) is 13.9. The van der Waals surface area contributed by atoms with Crippen LogP contribution in [-0.4, -0.2) is 15.9 Å². The van der Waals surface area contributed by atoms with Gasteiger partial charge in [-0.25, -0.2) is 4.98 Å². The van der Waals surface area contributed by atoms with Gasteiger partial charge in [0, 0.05) is 22.2 Å². The molecule has 0 radical (unpaired) electrons. The van der Waals surface area contributed by atoms with E-state index < -0.39 is 0 Å². The number of nitrogens with two attached hydrogens (primary N) is 1. The number of thiazole rings is 1. The van der Waals surface area contributed by atoms with E-state index >= 15 is 0 Å². The van der Waals surface area contributed by atoms with E-state index in [1.807, 2.05) is 11.6 Å². The second kappa shape index (κ2) is 6.08. The van der Waals surface area contributed by atoms with E-state index in [1.165, 1.54) is 5.56 Å². The van der Waals surface area contributed by atoms with Crippen LogP contribution < -0.4 is 5.73 Å². The molecule has 3 rings (SSSR count). The van der Waals surface area contributed by atoms with Gasteiger partial charge in [0.2, 0.25) is 0 Å². The summed E-state index contributed by atoms with van der Waals surface area (Å²) in [5, 5.41) is 2.05. The first-order chi connectivity index (χ1) is 9.74. The Morgan fingerprint density at radius 3 is 2.75 bits per heavy atom. The summed E-state index contributed by atoms with van der Waals surface area (Å²) < 4.78 is 3.19. The third-order valence-electron chi connectivity index (χ3n) is 3.41. The third kappa shape index (κ3) is 3.11. The number of fused-ring (bicyclic) bond motifs is 1. The fourth-order valence-electron chi connectivity index (χ4n) is 2.36. The predicted octanol–water partition coefficient (Wildman–Crippen LogP) is 3.52. The fourth-order valence-corrected chi connectivity index (χ4v) is 3.35. The number of aromatic nitrogens is 2. The molecular weight excluding hydrogens is 334 g/mol. The SMILES string of the molecule is NCC(Cc1ccc(Br)cc1)Cc1cn2ccsc2n1. The molecule has 0 aliphatic rings. The molecule has 20 heavy (non-hydrogen) atoms. The van der Waals surface area contributed by atoms with Crippen molar-refractivity contribution in [3.8, 4) is 0 Å². The van der Waals surface area contributed by atoms with Crippen molar-refractivity contribution in [3.63, 3.8) is 0 Å². The van der Waals surface area contributed by atoms with Gasteiger partial charge in [-0.15, -0.1) is 11.3 Å². The first kappa shape index (κ1) is 13.8. The first-order valence-corrected chi connectivity index (χ1v) is 8.27. The maximum absolute atomic E-state index is 5.93. The molecule has 0 amide bonds. The second-order valence-corrected chi connectivity index (χ2v) is 6.75. The minimum absolute atomic E-state index is 0.431. The molecule has 0 saturated carbocycles. The molecule has 0 spiro atoms. The van der Waals surface area contributed by atoms with E-state index in [4.69, 9.17) is 5.73 Å². The summed E-state index contributed by atoms with van der Waals surface area (Å²) in [4.78, 5) is 5.69. The van der Waals surface area contributed by atoms with Crippen LogP contribution in [0.15, 0.2) is 46.5 Å². The van der Waals surface area contributed by atoms with Crippen molar-refractivity contribution in [2.45, 2.75) is 12.8 Å². The highest BCUT2D eigenvalue weighted by Gasteiger charge is 2.12. The van der Waals surface area contributed by atoms with Gasteiger partial charge in [0.15, 0.2) is 4.96 Å². The van der Waals surface area contributed by atoms with Crippen LogP contribution in [0.5, 0.6) is 0 Å². The molecule has 0 saturated heterocycles. The topological polar surface area (TPSA) is 43.3 Å². The summed E-state index contributed by atoms with van der Waals surface area (Å²) in [6, 6.07) is 8.46. The number of imidazole rings is 1. The molecule has 3 nitrogen and oxygen atoms in total. The Morgan fingerprint density at radius 1 is 1.25 bits per heavy atom. The van der Waals surface area contributed by atoms with Crippen LogP contribution >= 0.6 is 27.3 Å². The van der Waals surface area contributed by atoms with E-state index in [1.54, 1.807) is 11.3 Å². The molecule has 0 aliphatic carbocycles. The standard InChI is InChI=1S/C15H16BrN3S/c16-13-3-1-11(2-4-13)7-12(9-17)8-14-10-19-5-6-20-15(19)18-14/h1-6,10,12H,7-9,17H2. The Hall–Kier alpha value is -1.17. The van der Waals surface area contributed by atoms with E-state index in [0.29, 0.717) is 12.5 Å². The maximum atomic E-state index is 5.93. The van der Waals surface area contributed by atoms with Crippen molar-refractivity contribution in [3.05, 3.63) is 57.8 Å². The second-order valence-electron chi connectivity index (χ2n) is 4.96. The van der Waals surface area contributed by atoms with Crippen molar-refractivity contribution in [2.24, 2.45) is 11.7 Å². The molecule has 2 N–H and O–H groups in total. The van der Waals surface area contributed by atoms with Crippen molar-refractivity contribution in [1.82, 2.24) is 9.38 Å². The molecule has 1 unspecified atom stereocenters. The van der Waals surface area contributed by atoms with Gasteiger partial charge in [0.1, 0.15) is 0 Å². The largest absolute Gasteiger partial charge is 0.330 e. The molecular formula is C15H16BrN3S. The Balaban J connectivity index is 1.70. The average molecular weight is 350 g/mol. The molecule has 1 atom stereocenters. The highest BCUT2D eigenvalue weighted by atomic mass is 79.9.